The lowest BCUT2D eigenvalue weighted by molar-refractivity contribution is 0.0300. The average molecular weight is 1110 g/mol. The van der Waals surface area contributed by atoms with Crippen LogP contribution in [-0.4, -0.2) is 123 Å². The highest BCUT2D eigenvalue weighted by molar-refractivity contribution is 6.30. The number of aromatic nitrogens is 5. The van der Waals surface area contributed by atoms with Gasteiger partial charge in [0.1, 0.15) is 34.1 Å². The number of halogens is 3. The van der Waals surface area contributed by atoms with E-state index in [1.165, 1.54) is 10.7 Å². The number of ether oxygens (including phenoxy) is 3. The average Bonchev–Trinajstić information content (AvgIpc) is 3.33. The number of aliphatic imine (C=N–C) groups is 1. The predicted octanol–water partition coefficient (Wildman–Crippen LogP) is 12.5. The van der Waals surface area contributed by atoms with Crippen LogP contribution in [0.25, 0.3) is 33.3 Å². The summed E-state index contributed by atoms with van der Waals surface area (Å²) in [5.41, 5.74) is 6.69. The number of pyridine rings is 1. The highest BCUT2D eigenvalue weighted by Crippen LogP contribution is 2.54. The van der Waals surface area contributed by atoms with Gasteiger partial charge in [0, 0.05) is 108 Å². The van der Waals surface area contributed by atoms with E-state index in [2.05, 4.69) is 66.7 Å². The zero-order chi connectivity index (χ0) is 55.5. The van der Waals surface area contributed by atoms with E-state index in [0.717, 1.165) is 61.1 Å². The fraction of sp³-hybridized carbons (Fsp3) is 0.339. The molecule has 0 unspecified atom stereocenters. The standard InChI is InChI=1S/C62H66Cl2FN9O5/c1-7-79-55-35-48(60(2,3)4)15-20-52(55)58-69-61(5,46-11-16-49(63)17-12-46)62(6,47-13-18-50(64)19-14-47)74(58)59(76)72-26-24-70(25-27-72)28-30-78-32-31-77-29-22-56(75)73-41-45(37-68-73)44-34-53-54(38-67-57(53)66-36-44)43-21-23-71(40-43)39-42-9-8-10-51(65)33-42/h8-21,23,33-38,40-41H,7,22,24-32,39H2,1-6H3,(H,66,67)/t61-,62+/m1/s1. The number of benzene rings is 4. The number of hydrogen-bond acceptors (Lipinski definition) is 9. The summed E-state index contributed by atoms with van der Waals surface area (Å²) in [5.74, 6) is 0.748. The lowest BCUT2D eigenvalue weighted by atomic mass is 9.71. The van der Waals surface area contributed by atoms with Gasteiger partial charge in [-0.15, -0.1) is 0 Å². The first-order valence-corrected chi connectivity index (χ1v) is 27.6. The Labute approximate surface area is 470 Å². The molecule has 1 N–H and O–H groups in total. The first-order chi connectivity index (χ1) is 38.0. The van der Waals surface area contributed by atoms with Crippen LogP contribution in [0.2, 0.25) is 10.0 Å². The van der Waals surface area contributed by atoms with Gasteiger partial charge in [-0.3, -0.25) is 19.6 Å². The first kappa shape index (κ1) is 55.2. The zero-order valence-electron chi connectivity index (χ0n) is 45.5. The molecule has 4 aromatic carbocycles. The summed E-state index contributed by atoms with van der Waals surface area (Å²) >= 11 is 13.0. The van der Waals surface area contributed by atoms with E-state index < -0.39 is 11.1 Å². The van der Waals surface area contributed by atoms with E-state index >= 15 is 4.79 Å². The Morgan fingerprint density at radius 2 is 1.49 bits per heavy atom. The van der Waals surface area contributed by atoms with Gasteiger partial charge in [0.15, 0.2) is 0 Å². The number of nitrogens with one attached hydrogen (secondary N) is 1. The highest BCUT2D eigenvalue weighted by atomic mass is 35.5. The normalized spacial score (nSPS) is 17.9. The van der Waals surface area contributed by atoms with Crippen molar-refractivity contribution < 1.29 is 28.2 Å². The number of urea groups is 1. The molecule has 4 aromatic heterocycles. The van der Waals surface area contributed by atoms with Gasteiger partial charge in [0.25, 0.3) is 0 Å². The molecule has 410 valence electrons. The summed E-state index contributed by atoms with van der Waals surface area (Å²) in [7, 11) is 0. The van der Waals surface area contributed by atoms with Crippen LogP contribution < -0.4 is 4.74 Å². The van der Waals surface area contributed by atoms with Crippen LogP contribution in [0.15, 0.2) is 145 Å². The number of carbonyl (C=O) groups is 2. The molecule has 17 heteroatoms. The van der Waals surface area contributed by atoms with Crippen molar-refractivity contribution in [2.24, 2.45) is 4.99 Å². The topological polar surface area (TPSA) is 135 Å². The van der Waals surface area contributed by atoms with Crippen molar-refractivity contribution in [3.05, 3.63) is 184 Å². The van der Waals surface area contributed by atoms with Gasteiger partial charge in [-0.25, -0.2) is 18.9 Å². The van der Waals surface area contributed by atoms with E-state index in [1.807, 2.05) is 113 Å². The molecule has 0 bridgehead atoms. The molecule has 0 radical (unpaired) electrons. The maximum atomic E-state index is 15.5. The molecule has 1 saturated heterocycles. The van der Waals surface area contributed by atoms with E-state index in [9.17, 15) is 9.18 Å². The minimum atomic E-state index is -1.03. The van der Waals surface area contributed by atoms with Crippen molar-refractivity contribution in [1.82, 2.24) is 39.0 Å². The third-order valence-corrected chi connectivity index (χ3v) is 15.9. The molecule has 2 atom stereocenters. The summed E-state index contributed by atoms with van der Waals surface area (Å²) in [5, 5.41) is 6.49. The second-order valence-corrected chi connectivity index (χ2v) is 22.4. The number of carbonyl (C=O) groups excluding carboxylic acids is 2. The highest BCUT2D eigenvalue weighted by Gasteiger charge is 2.60. The minimum Gasteiger partial charge on any atom is -0.493 e. The van der Waals surface area contributed by atoms with Gasteiger partial charge in [-0.1, -0.05) is 86.4 Å². The molecule has 0 aliphatic carbocycles. The second-order valence-electron chi connectivity index (χ2n) is 21.5. The summed E-state index contributed by atoms with van der Waals surface area (Å²) in [6.07, 6.45) is 11.2. The molecule has 8 aromatic rings. The fourth-order valence-corrected chi connectivity index (χ4v) is 10.9. The molecule has 2 aliphatic rings. The van der Waals surface area contributed by atoms with E-state index in [1.54, 1.807) is 30.7 Å². The number of H-pyrrole nitrogens is 1. The molecule has 79 heavy (non-hydrogen) atoms. The molecule has 0 spiro atoms. The zero-order valence-corrected chi connectivity index (χ0v) is 47.0. The van der Waals surface area contributed by atoms with Crippen molar-refractivity contribution >= 4 is 52.0 Å². The Morgan fingerprint density at radius 1 is 0.772 bits per heavy atom. The lowest BCUT2D eigenvalue weighted by Gasteiger charge is -2.47. The molecule has 6 heterocycles. The van der Waals surface area contributed by atoms with Gasteiger partial charge in [0.2, 0.25) is 5.91 Å². The SMILES string of the molecule is CCOc1cc(C(C)(C)C)ccc1C1=N[C@](C)(c2ccc(Cl)cc2)[C@](C)(c2ccc(Cl)cc2)N1C(=O)N1CCN(CCOCCOCCC(=O)n2cc(-c3cnc4[nH]cc(-c5ccn(Cc6cccc(F)c6)c5)c4c3)cn2)CC1. The third-order valence-electron chi connectivity index (χ3n) is 15.4. The minimum absolute atomic E-state index is 0.138. The van der Waals surface area contributed by atoms with Gasteiger partial charge >= 0.3 is 6.03 Å². The molecular weight excluding hydrogens is 1040 g/mol. The van der Waals surface area contributed by atoms with Crippen LogP contribution in [0, 0.1) is 5.82 Å². The fourth-order valence-electron chi connectivity index (χ4n) is 10.7. The molecule has 2 aliphatic heterocycles. The third kappa shape index (κ3) is 11.6. The van der Waals surface area contributed by atoms with Crippen LogP contribution in [0.3, 0.4) is 0 Å². The maximum absolute atomic E-state index is 15.5. The van der Waals surface area contributed by atoms with Gasteiger partial charge in [0.05, 0.1) is 51.2 Å². The number of aromatic amines is 1. The summed E-state index contributed by atoms with van der Waals surface area (Å²) < 4.78 is 35.3. The van der Waals surface area contributed by atoms with Crippen molar-refractivity contribution in [3.63, 3.8) is 0 Å². The number of piperazine rings is 1. The van der Waals surface area contributed by atoms with Crippen LogP contribution >= 0.6 is 23.2 Å². The van der Waals surface area contributed by atoms with Crippen LogP contribution in [0.4, 0.5) is 9.18 Å². The Bertz CT molecular complexity index is 3490. The summed E-state index contributed by atoms with van der Waals surface area (Å²) in [6, 6.07) is 32.2. The van der Waals surface area contributed by atoms with Gasteiger partial charge in [-0.05, 0) is 109 Å². The van der Waals surface area contributed by atoms with Crippen molar-refractivity contribution in [3.8, 4) is 28.0 Å². The van der Waals surface area contributed by atoms with Crippen molar-refractivity contribution in [1.29, 1.82) is 0 Å². The van der Waals surface area contributed by atoms with E-state index in [-0.39, 0.29) is 36.2 Å². The quantitative estimate of drug-likeness (QED) is 0.0839. The predicted molar refractivity (Wildman–Crippen MR) is 309 cm³/mol. The molecule has 10 rings (SSSR count). The number of fused-ring (bicyclic) bond motifs is 1. The smallest absolute Gasteiger partial charge is 0.326 e. The first-order valence-electron chi connectivity index (χ1n) is 26.8. The van der Waals surface area contributed by atoms with Crippen molar-refractivity contribution in [2.75, 3.05) is 65.8 Å². The number of nitrogens with zero attached hydrogens (tertiary/aromatic N) is 8. The number of amides is 2. The van der Waals surface area contributed by atoms with Gasteiger partial charge in [-0.2, -0.15) is 5.10 Å². The molecular formula is C62H66Cl2FN9O5. The van der Waals surface area contributed by atoms with Crippen LogP contribution in [-0.2, 0) is 32.5 Å². The van der Waals surface area contributed by atoms with Crippen LogP contribution in [0.1, 0.15) is 80.6 Å². The Balaban J connectivity index is 0.723. The second kappa shape index (κ2) is 23.3. The molecule has 2 amide bonds. The van der Waals surface area contributed by atoms with E-state index in [0.29, 0.717) is 87.3 Å². The largest absolute Gasteiger partial charge is 0.493 e. The Kier molecular flexibility index (Phi) is 16.3. The van der Waals surface area contributed by atoms with Gasteiger partial charge < -0.3 is 28.7 Å². The number of rotatable bonds is 18. The molecule has 1 fully saturated rings. The number of hydrogen-bond donors (Lipinski definition) is 1. The van der Waals surface area contributed by atoms with E-state index in [4.69, 9.17) is 42.4 Å². The summed E-state index contributed by atoms with van der Waals surface area (Å²) in [6.45, 7) is 18.1. The molecule has 14 nitrogen and oxygen atoms in total. The summed E-state index contributed by atoms with van der Waals surface area (Å²) in [4.78, 5) is 48.3. The monoisotopic (exact) mass is 1110 g/mol. The Hall–Kier alpha value is -7.14. The lowest BCUT2D eigenvalue weighted by Crippen LogP contribution is -2.60. The van der Waals surface area contributed by atoms with Crippen molar-refractivity contribution in [2.45, 2.75) is 71.0 Å². The van der Waals surface area contributed by atoms with Crippen LogP contribution in [0.5, 0.6) is 5.75 Å². The molecule has 0 saturated carbocycles. The maximum Gasteiger partial charge on any atom is 0.326 e. The number of amidine groups is 1. The Morgan fingerprint density at radius 3 is 2.20 bits per heavy atom.